The Balaban J connectivity index is 1.35. The van der Waals surface area contributed by atoms with E-state index < -0.39 is 21.7 Å². The number of phenolic OH excluding ortho intramolecular Hbond substituents is 2. The number of sulfonamides is 1. The maximum absolute atomic E-state index is 13.4. The number of aromatic amines is 1. The van der Waals surface area contributed by atoms with E-state index in [1.165, 1.54) is 17.2 Å². The number of nitrogens with two attached hydrogens (primary N) is 1. The van der Waals surface area contributed by atoms with Crippen LogP contribution in [0.3, 0.4) is 0 Å². The number of aromatic hydroxyl groups is 2. The molecule has 6 N–H and O–H groups in total. The second-order valence-electron chi connectivity index (χ2n) is 10.4. The quantitative estimate of drug-likeness (QED) is 0.212. The first-order chi connectivity index (χ1) is 19.5. The standard InChI is InChI=1S/C29H32N6O5S/c1-17-4-3-5-19(12-17)16-35-10-8-21(9-11-35)34-41(39,40)26-14-23(24(36)15-25(26)37)22-13-20(7-6-18(22)2)28-31-29(27(30)38)33-32-28/h3-7,12-15,21,34,36-37H,8-11,16H2,1-2H3,(H2,30,38)(H,31,32,33). The minimum absolute atomic E-state index is 0.102. The van der Waals surface area contributed by atoms with Crippen molar-refractivity contribution in [2.75, 3.05) is 13.1 Å². The second kappa shape index (κ2) is 11.3. The van der Waals surface area contributed by atoms with E-state index in [-0.39, 0.29) is 33.9 Å². The van der Waals surface area contributed by atoms with Gasteiger partial charge in [-0.25, -0.2) is 18.1 Å². The smallest absolute Gasteiger partial charge is 0.286 e. The molecule has 0 atom stereocenters. The van der Waals surface area contributed by atoms with Crippen molar-refractivity contribution in [2.24, 2.45) is 5.73 Å². The number of carbonyl (C=O) groups is 1. The van der Waals surface area contributed by atoms with Crippen LogP contribution < -0.4 is 10.5 Å². The Labute approximate surface area is 238 Å². The molecule has 1 fully saturated rings. The van der Waals surface area contributed by atoms with Crippen LogP contribution >= 0.6 is 0 Å². The fourth-order valence-electron chi connectivity index (χ4n) is 5.10. The van der Waals surface area contributed by atoms with Crippen LogP contribution in [0.4, 0.5) is 0 Å². The van der Waals surface area contributed by atoms with Crippen LogP contribution in [0.25, 0.3) is 22.5 Å². The number of aryl methyl sites for hydroxylation is 2. The Bertz CT molecular complexity index is 1710. The summed E-state index contributed by atoms with van der Waals surface area (Å²) in [6.07, 6.45) is 1.25. The first-order valence-electron chi connectivity index (χ1n) is 13.2. The summed E-state index contributed by atoms with van der Waals surface area (Å²) in [5.74, 6) is -1.49. The molecule has 5 rings (SSSR count). The molecule has 4 aromatic rings. The van der Waals surface area contributed by atoms with Gasteiger partial charge in [-0.2, -0.15) is 5.10 Å². The number of rotatable bonds is 8. The van der Waals surface area contributed by atoms with E-state index in [0.29, 0.717) is 24.0 Å². The maximum atomic E-state index is 13.4. The summed E-state index contributed by atoms with van der Waals surface area (Å²) in [5.41, 5.74) is 9.65. The molecule has 0 unspecified atom stereocenters. The lowest BCUT2D eigenvalue weighted by Crippen LogP contribution is -2.44. The second-order valence-corrected chi connectivity index (χ2v) is 12.1. The summed E-state index contributed by atoms with van der Waals surface area (Å²) < 4.78 is 29.6. The number of benzene rings is 3. The predicted octanol–water partition coefficient (Wildman–Crippen LogP) is 3.21. The highest BCUT2D eigenvalue weighted by molar-refractivity contribution is 7.89. The van der Waals surface area contributed by atoms with E-state index in [1.54, 1.807) is 25.1 Å². The Morgan fingerprint density at radius 2 is 1.80 bits per heavy atom. The Kier molecular flexibility index (Phi) is 7.80. The monoisotopic (exact) mass is 576 g/mol. The van der Waals surface area contributed by atoms with Gasteiger partial charge in [-0.3, -0.25) is 14.8 Å². The molecule has 3 aromatic carbocycles. The lowest BCUT2D eigenvalue weighted by atomic mass is 9.97. The number of aromatic nitrogens is 3. The van der Waals surface area contributed by atoms with Crippen LogP contribution in [-0.2, 0) is 16.6 Å². The van der Waals surface area contributed by atoms with Crippen molar-refractivity contribution in [3.8, 4) is 34.0 Å². The topological polar surface area (TPSA) is 175 Å². The number of phenols is 2. The third-order valence-corrected chi connectivity index (χ3v) is 8.82. The number of hydrogen-bond donors (Lipinski definition) is 5. The number of nitrogens with zero attached hydrogens (tertiary/aromatic N) is 3. The first kappa shape index (κ1) is 28.3. The number of H-pyrrole nitrogens is 1. The van der Waals surface area contributed by atoms with Gasteiger partial charge in [0.1, 0.15) is 16.4 Å². The van der Waals surface area contributed by atoms with Crippen LogP contribution in [0.1, 0.15) is 40.2 Å². The Hall–Kier alpha value is -4.26. The van der Waals surface area contributed by atoms with E-state index >= 15 is 0 Å². The summed E-state index contributed by atoms with van der Waals surface area (Å²) in [6.45, 7) is 6.13. The molecule has 0 spiro atoms. The number of piperidine rings is 1. The van der Waals surface area contributed by atoms with Crippen LogP contribution in [-0.4, -0.2) is 63.8 Å². The molecular formula is C29H32N6O5S. The molecule has 214 valence electrons. The molecular weight excluding hydrogens is 544 g/mol. The average Bonchev–Trinajstić information content (AvgIpc) is 3.41. The van der Waals surface area contributed by atoms with Gasteiger partial charge in [0.2, 0.25) is 15.8 Å². The number of hydrogen-bond acceptors (Lipinski definition) is 8. The number of primary amides is 1. The molecule has 0 saturated carbocycles. The van der Waals surface area contributed by atoms with Gasteiger partial charge in [-0.15, -0.1) is 0 Å². The SMILES string of the molecule is Cc1cccc(CN2CCC(NS(=O)(=O)c3cc(-c4cc(-c5n[nH]c(C(N)=O)n5)ccc4C)c(O)cc3O)CC2)c1. The normalized spacial score (nSPS) is 14.8. The molecule has 0 aliphatic carbocycles. The molecule has 0 radical (unpaired) electrons. The molecule has 2 heterocycles. The van der Waals surface area contributed by atoms with Crippen molar-refractivity contribution >= 4 is 15.9 Å². The summed E-state index contributed by atoms with van der Waals surface area (Å²) in [6, 6.07) is 15.5. The van der Waals surface area contributed by atoms with E-state index in [0.717, 1.165) is 31.3 Å². The highest BCUT2D eigenvalue weighted by Crippen LogP contribution is 2.39. The zero-order chi connectivity index (χ0) is 29.3. The average molecular weight is 577 g/mol. The van der Waals surface area contributed by atoms with Crippen molar-refractivity contribution in [3.63, 3.8) is 0 Å². The fourth-order valence-corrected chi connectivity index (χ4v) is 6.51. The van der Waals surface area contributed by atoms with Crippen LogP contribution in [0.5, 0.6) is 11.5 Å². The molecule has 12 heteroatoms. The van der Waals surface area contributed by atoms with Gasteiger partial charge in [-0.1, -0.05) is 42.0 Å². The molecule has 1 aromatic heterocycles. The van der Waals surface area contributed by atoms with Crippen molar-refractivity contribution in [3.05, 3.63) is 77.1 Å². The van der Waals surface area contributed by atoms with Crippen molar-refractivity contribution < 1.29 is 23.4 Å². The minimum atomic E-state index is -4.11. The van der Waals surface area contributed by atoms with E-state index in [4.69, 9.17) is 5.73 Å². The number of nitrogens with one attached hydrogen (secondary N) is 2. The number of amides is 1. The van der Waals surface area contributed by atoms with Gasteiger partial charge >= 0.3 is 0 Å². The van der Waals surface area contributed by atoms with Crippen LogP contribution in [0.2, 0.25) is 0 Å². The first-order valence-corrected chi connectivity index (χ1v) is 14.7. The molecule has 1 aliphatic rings. The highest BCUT2D eigenvalue weighted by Gasteiger charge is 2.28. The lowest BCUT2D eigenvalue weighted by Gasteiger charge is -2.32. The van der Waals surface area contributed by atoms with E-state index in [9.17, 15) is 23.4 Å². The predicted molar refractivity (Wildman–Crippen MR) is 154 cm³/mol. The number of carbonyl (C=O) groups excluding carboxylic acids is 1. The molecule has 41 heavy (non-hydrogen) atoms. The van der Waals surface area contributed by atoms with Gasteiger partial charge in [0.05, 0.1) is 0 Å². The van der Waals surface area contributed by atoms with E-state index in [1.807, 2.05) is 6.07 Å². The van der Waals surface area contributed by atoms with Crippen LogP contribution in [0.15, 0.2) is 59.5 Å². The number of likely N-dealkylation sites (tertiary alicyclic amines) is 1. The van der Waals surface area contributed by atoms with Crippen molar-refractivity contribution in [1.82, 2.24) is 24.8 Å². The third-order valence-electron chi connectivity index (χ3n) is 7.27. The van der Waals surface area contributed by atoms with Gasteiger partial charge in [0.25, 0.3) is 5.91 Å². The Morgan fingerprint density at radius 1 is 1.05 bits per heavy atom. The van der Waals surface area contributed by atoms with Crippen molar-refractivity contribution in [1.29, 1.82) is 0 Å². The zero-order valence-corrected chi connectivity index (χ0v) is 23.6. The highest BCUT2D eigenvalue weighted by atomic mass is 32.2. The summed E-state index contributed by atoms with van der Waals surface area (Å²) in [4.78, 5) is 17.5. The van der Waals surface area contributed by atoms with Crippen LogP contribution in [0, 0.1) is 13.8 Å². The van der Waals surface area contributed by atoms with E-state index in [2.05, 4.69) is 49.9 Å². The summed E-state index contributed by atoms with van der Waals surface area (Å²) >= 11 is 0. The summed E-state index contributed by atoms with van der Waals surface area (Å²) in [7, 11) is -4.11. The molecule has 0 bridgehead atoms. The molecule has 1 saturated heterocycles. The van der Waals surface area contributed by atoms with Gasteiger partial charge in [0.15, 0.2) is 5.82 Å². The third kappa shape index (κ3) is 6.24. The largest absolute Gasteiger partial charge is 0.507 e. The molecule has 11 nitrogen and oxygen atoms in total. The molecule has 1 amide bonds. The maximum Gasteiger partial charge on any atom is 0.286 e. The summed E-state index contributed by atoms with van der Waals surface area (Å²) in [5, 5.41) is 27.8. The molecule has 1 aliphatic heterocycles. The van der Waals surface area contributed by atoms with Gasteiger partial charge in [-0.05, 0) is 55.5 Å². The van der Waals surface area contributed by atoms with Crippen molar-refractivity contribution in [2.45, 2.75) is 44.2 Å². The fraction of sp³-hybridized carbons (Fsp3) is 0.276. The van der Waals surface area contributed by atoms with Gasteiger partial charge < -0.3 is 15.9 Å². The Morgan fingerprint density at radius 3 is 2.49 bits per heavy atom. The van der Waals surface area contributed by atoms with Gasteiger partial charge in [0, 0.05) is 42.9 Å². The zero-order valence-electron chi connectivity index (χ0n) is 22.8. The lowest BCUT2D eigenvalue weighted by molar-refractivity contribution is 0.0991. The minimum Gasteiger partial charge on any atom is -0.507 e.